The van der Waals surface area contributed by atoms with E-state index < -0.39 is 41.2 Å². The van der Waals surface area contributed by atoms with Gasteiger partial charge in [0.2, 0.25) is 17.7 Å². The van der Waals surface area contributed by atoms with Crippen LogP contribution in [-0.2, 0) is 25.7 Å². The number of carbonyl (C=O) groups is 3. The normalized spacial score (nSPS) is 31.9. The van der Waals surface area contributed by atoms with Crippen LogP contribution >= 0.6 is 0 Å². The van der Waals surface area contributed by atoms with E-state index in [-0.39, 0.29) is 30.2 Å². The summed E-state index contributed by atoms with van der Waals surface area (Å²) in [5.41, 5.74) is -0.775. The largest absolute Gasteiger partial charge is 0.394 e. The highest BCUT2D eigenvalue weighted by atomic mass is 16.5. The summed E-state index contributed by atoms with van der Waals surface area (Å²) in [6.45, 7) is 10.7. The van der Waals surface area contributed by atoms with E-state index in [2.05, 4.69) is 0 Å². The van der Waals surface area contributed by atoms with E-state index in [0.29, 0.717) is 19.6 Å². The lowest BCUT2D eigenvalue weighted by Gasteiger charge is -2.42. The molecule has 8 heteroatoms. The summed E-state index contributed by atoms with van der Waals surface area (Å²) < 4.78 is 6.70. The average molecular weight is 522 g/mol. The van der Waals surface area contributed by atoms with Gasteiger partial charge in [-0.2, -0.15) is 0 Å². The topological polar surface area (TPSA) is 90.4 Å². The van der Waals surface area contributed by atoms with Crippen LogP contribution in [0.5, 0.6) is 0 Å². The number of fused-ring (bicyclic) bond motifs is 2. The summed E-state index contributed by atoms with van der Waals surface area (Å²) in [5.74, 6) is -2.39. The smallest absolute Gasteiger partial charge is 0.249 e. The van der Waals surface area contributed by atoms with Crippen molar-refractivity contribution >= 4 is 17.7 Å². The zero-order valence-electron chi connectivity index (χ0n) is 22.9. The van der Waals surface area contributed by atoms with Crippen LogP contribution in [0.2, 0.25) is 0 Å². The van der Waals surface area contributed by atoms with Gasteiger partial charge in [0.25, 0.3) is 0 Å². The number of amides is 3. The van der Waals surface area contributed by atoms with Gasteiger partial charge in [-0.15, -0.1) is 0 Å². The van der Waals surface area contributed by atoms with E-state index in [1.807, 2.05) is 89.3 Å². The van der Waals surface area contributed by atoms with E-state index >= 15 is 0 Å². The summed E-state index contributed by atoms with van der Waals surface area (Å²) in [6.07, 6.45) is 6.95. The van der Waals surface area contributed by atoms with Crippen LogP contribution in [0, 0.1) is 17.8 Å². The Morgan fingerprint density at radius 1 is 1.03 bits per heavy atom. The average Bonchev–Trinajstić information content (AvgIpc) is 3.17. The molecule has 8 nitrogen and oxygen atoms in total. The molecular weight excluding hydrogens is 482 g/mol. The molecule has 0 bridgehead atoms. The third kappa shape index (κ3) is 4.09. The third-order valence-corrected chi connectivity index (χ3v) is 8.52. The molecule has 2 saturated heterocycles. The Bertz CT molecular complexity index is 1160. The molecule has 2 fully saturated rings. The molecule has 4 aliphatic heterocycles. The molecule has 0 saturated carbocycles. The van der Waals surface area contributed by atoms with Crippen LogP contribution in [0.15, 0.2) is 54.6 Å². The molecule has 0 aromatic heterocycles. The van der Waals surface area contributed by atoms with Crippen LogP contribution in [0.25, 0.3) is 0 Å². The maximum absolute atomic E-state index is 14.4. The highest BCUT2D eigenvalue weighted by Gasteiger charge is 2.72. The van der Waals surface area contributed by atoms with E-state index in [4.69, 9.17) is 4.74 Å². The summed E-state index contributed by atoms with van der Waals surface area (Å²) in [4.78, 5) is 47.9. The van der Waals surface area contributed by atoms with E-state index in [0.717, 1.165) is 5.56 Å². The number of ether oxygens (including phenoxy) is 1. The van der Waals surface area contributed by atoms with Gasteiger partial charge in [-0.25, -0.2) is 0 Å². The van der Waals surface area contributed by atoms with Crippen molar-refractivity contribution in [2.75, 3.05) is 19.7 Å². The number of hydrogen-bond acceptors (Lipinski definition) is 5. The number of likely N-dealkylation sites (tertiary alicyclic amines) is 1. The zero-order valence-corrected chi connectivity index (χ0v) is 22.9. The quantitative estimate of drug-likeness (QED) is 0.601. The number of aliphatic hydroxyl groups excluding tert-OH is 1. The van der Waals surface area contributed by atoms with Gasteiger partial charge in [-0.05, 0) is 32.3 Å². The molecule has 0 radical (unpaired) electrons. The standard InChI is InChI=1S/C30H39N3O5/c1-19(2)21(18-34)33-25-28(37)32(29(3,4)5)16-10-14-30(25)24(27(33)36)23-22(38-30)13-9-15-31(26(23)35)17-20-11-7-6-8-12-20/h6-14,19,21-25,34H,15-18H2,1-5H3/t21-,22-,23+,24-,25?,30-/m0/s1. The van der Waals surface area contributed by atoms with Crippen molar-refractivity contribution in [3.63, 3.8) is 0 Å². The van der Waals surface area contributed by atoms with Crippen LogP contribution < -0.4 is 0 Å². The Hall–Kier alpha value is -2.97. The molecule has 0 aliphatic carbocycles. The summed E-state index contributed by atoms with van der Waals surface area (Å²) in [5, 5.41) is 10.4. The monoisotopic (exact) mass is 521 g/mol. The highest BCUT2D eigenvalue weighted by molar-refractivity contribution is 6.00. The molecule has 1 unspecified atom stereocenters. The fourth-order valence-electron chi connectivity index (χ4n) is 6.66. The van der Waals surface area contributed by atoms with E-state index in [9.17, 15) is 19.5 Å². The minimum absolute atomic E-state index is 0.0990. The summed E-state index contributed by atoms with van der Waals surface area (Å²) in [6, 6.07) is 8.24. The zero-order chi connectivity index (χ0) is 27.4. The van der Waals surface area contributed by atoms with Crippen molar-refractivity contribution in [2.45, 2.75) is 70.5 Å². The molecule has 1 N–H and O–H groups in total. The first-order valence-corrected chi connectivity index (χ1v) is 13.6. The molecular formula is C30H39N3O5. The van der Waals surface area contributed by atoms with E-state index in [1.165, 1.54) is 0 Å². The Labute approximate surface area is 224 Å². The maximum Gasteiger partial charge on any atom is 0.249 e. The van der Waals surface area contributed by atoms with Gasteiger partial charge in [0, 0.05) is 25.2 Å². The van der Waals surface area contributed by atoms with Gasteiger partial charge >= 0.3 is 0 Å². The number of nitrogens with zero attached hydrogens (tertiary/aromatic N) is 3. The van der Waals surface area contributed by atoms with Crippen LogP contribution in [-0.4, -0.2) is 86.6 Å². The SMILES string of the molecule is CC(C)[C@H](CO)N1C(=O)[C@@H]2[C@@H]3C(=O)N(Cc4ccccc4)CC=C[C@@H]3O[C@@]23C=CCN(C(C)(C)C)C(=O)C13. The van der Waals surface area contributed by atoms with Gasteiger partial charge in [0.05, 0.1) is 30.6 Å². The molecule has 1 aromatic rings. The van der Waals surface area contributed by atoms with Gasteiger partial charge in [0.1, 0.15) is 11.6 Å². The molecule has 5 rings (SSSR count). The molecule has 4 heterocycles. The first-order valence-electron chi connectivity index (χ1n) is 13.6. The number of benzene rings is 1. The van der Waals surface area contributed by atoms with Gasteiger partial charge in [-0.3, -0.25) is 14.4 Å². The van der Waals surface area contributed by atoms with Crippen molar-refractivity contribution in [2.24, 2.45) is 17.8 Å². The first kappa shape index (κ1) is 26.6. The molecule has 6 atom stereocenters. The number of carbonyl (C=O) groups excluding carboxylic acids is 3. The van der Waals surface area contributed by atoms with Gasteiger partial charge in [0.15, 0.2) is 0 Å². The predicted molar refractivity (Wildman–Crippen MR) is 143 cm³/mol. The third-order valence-electron chi connectivity index (χ3n) is 8.52. The van der Waals surface area contributed by atoms with Crippen molar-refractivity contribution < 1.29 is 24.2 Å². The molecule has 3 amide bonds. The van der Waals surface area contributed by atoms with Gasteiger partial charge < -0.3 is 24.5 Å². The number of aliphatic hydroxyl groups is 1. The molecule has 1 spiro atoms. The van der Waals surface area contributed by atoms with Crippen molar-refractivity contribution in [1.82, 2.24) is 14.7 Å². The lowest BCUT2D eigenvalue weighted by Crippen LogP contribution is -2.61. The lowest BCUT2D eigenvalue weighted by atomic mass is 9.77. The Kier molecular flexibility index (Phi) is 6.76. The Morgan fingerprint density at radius 2 is 1.74 bits per heavy atom. The number of hydrogen-bond donors (Lipinski definition) is 1. The second kappa shape index (κ2) is 9.65. The van der Waals surface area contributed by atoms with Crippen LogP contribution in [0.1, 0.15) is 40.2 Å². The van der Waals surface area contributed by atoms with Gasteiger partial charge in [-0.1, -0.05) is 68.5 Å². The van der Waals surface area contributed by atoms with Crippen LogP contribution in [0.3, 0.4) is 0 Å². The Morgan fingerprint density at radius 3 is 2.37 bits per heavy atom. The minimum Gasteiger partial charge on any atom is -0.394 e. The van der Waals surface area contributed by atoms with Crippen molar-refractivity contribution in [3.05, 3.63) is 60.2 Å². The van der Waals surface area contributed by atoms with Crippen molar-refractivity contribution in [1.29, 1.82) is 0 Å². The molecule has 4 aliphatic rings. The van der Waals surface area contributed by atoms with Crippen molar-refractivity contribution in [3.8, 4) is 0 Å². The summed E-state index contributed by atoms with van der Waals surface area (Å²) in [7, 11) is 0. The first-order chi connectivity index (χ1) is 18.0. The minimum atomic E-state index is -1.29. The fraction of sp³-hybridized carbons (Fsp3) is 0.567. The molecule has 204 valence electrons. The summed E-state index contributed by atoms with van der Waals surface area (Å²) >= 11 is 0. The number of rotatable bonds is 5. The molecule has 1 aromatic carbocycles. The molecule has 38 heavy (non-hydrogen) atoms. The maximum atomic E-state index is 14.4. The lowest BCUT2D eigenvalue weighted by molar-refractivity contribution is -0.155. The second-order valence-corrected chi connectivity index (χ2v) is 12.2. The second-order valence-electron chi connectivity index (χ2n) is 12.2. The van der Waals surface area contributed by atoms with Crippen LogP contribution in [0.4, 0.5) is 0 Å². The van der Waals surface area contributed by atoms with E-state index in [1.54, 1.807) is 14.7 Å². The Balaban J connectivity index is 1.60. The predicted octanol–water partition coefficient (Wildman–Crippen LogP) is 2.38. The highest BCUT2D eigenvalue weighted by Crippen LogP contribution is 2.54. The fourth-order valence-corrected chi connectivity index (χ4v) is 6.66.